The van der Waals surface area contributed by atoms with Gasteiger partial charge in [0, 0.05) is 25.0 Å². The molecule has 17 heavy (non-hydrogen) atoms. The quantitative estimate of drug-likeness (QED) is 0.824. The van der Waals surface area contributed by atoms with Crippen molar-refractivity contribution in [2.45, 2.75) is 45.7 Å². The molecule has 4 heteroatoms. The monoisotopic (exact) mass is 238 g/mol. The van der Waals surface area contributed by atoms with Crippen LogP contribution >= 0.6 is 0 Å². The first-order valence-electron chi connectivity index (χ1n) is 6.49. The largest absolute Gasteiger partial charge is 0.337 e. The lowest BCUT2D eigenvalue weighted by Crippen LogP contribution is -2.53. The van der Waals surface area contributed by atoms with Gasteiger partial charge in [-0.3, -0.25) is 4.90 Å². The first-order valence-corrected chi connectivity index (χ1v) is 6.49. The minimum Gasteiger partial charge on any atom is -0.337 e. The van der Waals surface area contributed by atoms with Gasteiger partial charge >= 0.3 is 0 Å². The average molecular weight is 238 g/mol. The van der Waals surface area contributed by atoms with Crippen LogP contribution in [0.4, 0.5) is 0 Å². The Bertz CT molecular complexity index is 343. The molecular formula is C13H26N4. The van der Waals surface area contributed by atoms with Gasteiger partial charge in [-0.25, -0.2) is 4.98 Å². The van der Waals surface area contributed by atoms with Crippen molar-refractivity contribution in [1.82, 2.24) is 14.5 Å². The maximum absolute atomic E-state index is 6.46. The number of nitrogens with two attached hydrogens (primary N) is 1. The third-order valence-electron chi connectivity index (χ3n) is 4.01. The van der Waals surface area contributed by atoms with Gasteiger partial charge in [0.25, 0.3) is 0 Å². The van der Waals surface area contributed by atoms with Crippen LogP contribution in [0.25, 0.3) is 0 Å². The van der Waals surface area contributed by atoms with E-state index in [0.717, 1.165) is 25.3 Å². The molecule has 0 saturated heterocycles. The van der Waals surface area contributed by atoms with E-state index in [9.17, 15) is 0 Å². The molecule has 1 aromatic heterocycles. The number of rotatable bonds is 6. The molecule has 0 aromatic carbocycles. The van der Waals surface area contributed by atoms with Crippen LogP contribution < -0.4 is 5.73 Å². The first-order chi connectivity index (χ1) is 8.01. The highest BCUT2D eigenvalue weighted by Crippen LogP contribution is 2.31. The van der Waals surface area contributed by atoms with E-state index in [2.05, 4.69) is 37.6 Å². The summed E-state index contributed by atoms with van der Waals surface area (Å²) in [5, 5.41) is 0. The van der Waals surface area contributed by atoms with Crippen molar-refractivity contribution in [3.63, 3.8) is 0 Å². The van der Waals surface area contributed by atoms with Crippen LogP contribution in [0.5, 0.6) is 0 Å². The van der Waals surface area contributed by atoms with Crippen molar-refractivity contribution in [3.05, 3.63) is 18.2 Å². The van der Waals surface area contributed by atoms with Crippen LogP contribution in [-0.2, 0) is 7.05 Å². The van der Waals surface area contributed by atoms with Gasteiger partial charge in [-0.05, 0) is 26.4 Å². The predicted molar refractivity (Wildman–Crippen MR) is 71.8 cm³/mol. The van der Waals surface area contributed by atoms with E-state index in [-0.39, 0.29) is 11.6 Å². The van der Waals surface area contributed by atoms with Crippen molar-refractivity contribution in [2.75, 3.05) is 13.1 Å². The van der Waals surface area contributed by atoms with Crippen molar-refractivity contribution in [2.24, 2.45) is 12.8 Å². The van der Waals surface area contributed by atoms with Gasteiger partial charge in [-0.2, -0.15) is 0 Å². The zero-order valence-electron chi connectivity index (χ0n) is 11.8. The summed E-state index contributed by atoms with van der Waals surface area (Å²) in [4.78, 5) is 6.82. The molecule has 0 spiro atoms. The van der Waals surface area contributed by atoms with E-state index in [0.29, 0.717) is 0 Å². The molecule has 0 aliphatic heterocycles. The molecule has 98 valence electrons. The summed E-state index contributed by atoms with van der Waals surface area (Å²) in [5.74, 6) is 0.959. The van der Waals surface area contributed by atoms with Crippen LogP contribution in [-0.4, -0.2) is 33.1 Å². The number of aryl methyl sites for hydroxylation is 1. The fraction of sp³-hybridized carbons (Fsp3) is 0.769. The van der Waals surface area contributed by atoms with Crippen molar-refractivity contribution in [3.8, 4) is 0 Å². The Labute approximate surface area is 105 Å². The van der Waals surface area contributed by atoms with Crippen LogP contribution in [0, 0.1) is 0 Å². The zero-order valence-corrected chi connectivity index (χ0v) is 11.8. The molecule has 4 nitrogen and oxygen atoms in total. The first kappa shape index (κ1) is 14.2. The van der Waals surface area contributed by atoms with E-state index >= 15 is 0 Å². The number of nitrogens with zero attached hydrogens (tertiary/aromatic N) is 3. The fourth-order valence-corrected chi connectivity index (χ4v) is 2.54. The van der Waals surface area contributed by atoms with Crippen LogP contribution in [0.15, 0.2) is 12.4 Å². The van der Waals surface area contributed by atoms with Crippen LogP contribution in [0.1, 0.15) is 46.0 Å². The maximum Gasteiger partial charge on any atom is 0.127 e. The highest BCUT2D eigenvalue weighted by atomic mass is 15.2. The standard InChI is InChI=1S/C13H26N4/c1-6-13(4,17(7-2)8-3)11(14)12-15-9-10-16(12)5/h9-11H,6-8,14H2,1-5H3. The lowest BCUT2D eigenvalue weighted by atomic mass is 9.87. The summed E-state index contributed by atoms with van der Waals surface area (Å²) in [6.45, 7) is 10.8. The Kier molecular flexibility index (Phi) is 4.71. The Morgan fingerprint density at radius 3 is 2.35 bits per heavy atom. The maximum atomic E-state index is 6.46. The molecule has 1 heterocycles. The molecule has 2 N–H and O–H groups in total. The summed E-state index contributed by atoms with van der Waals surface area (Å²) in [6.07, 6.45) is 4.78. The lowest BCUT2D eigenvalue weighted by molar-refractivity contribution is 0.0806. The molecule has 0 saturated carbocycles. The average Bonchev–Trinajstić information content (AvgIpc) is 2.75. The number of aromatic nitrogens is 2. The predicted octanol–water partition coefficient (Wildman–Crippen LogP) is 1.93. The van der Waals surface area contributed by atoms with E-state index in [1.807, 2.05) is 24.0 Å². The summed E-state index contributed by atoms with van der Waals surface area (Å²) in [6, 6.07) is -0.0626. The van der Waals surface area contributed by atoms with Gasteiger partial charge in [0.05, 0.1) is 6.04 Å². The second kappa shape index (κ2) is 5.65. The second-order valence-electron chi connectivity index (χ2n) is 4.76. The van der Waals surface area contributed by atoms with Gasteiger partial charge in [-0.1, -0.05) is 20.8 Å². The minimum atomic E-state index is -0.0626. The van der Waals surface area contributed by atoms with E-state index in [1.54, 1.807) is 0 Å². The van der Waals surface area contributed by atoms with E-state index in [4.69, 9.17) is 5.73 Å². The Morgan fingerprint density at radius 1 is 1.41 bits per heavy atom. The molecule has 0 amide bonds. The molecule has 2 unspecified atom stereocenters. The lowest BCUT2D eigenvalue weighted by Gasteiger charge is -2.43. The molecule has 0 aliphatic carbocycles. The molecule has 0 aliphatic rings. The number of hydrogen-bond donors (Lipinski definition) is 1. The minimum absolute atomic E-state index is 0.0391. The molecular weight excluding hydrogens is 212 g/mol. The molecule has 0 fully saturated rings. The van der Waals surface area contributed by atoms with Crippen LogP contribution in [0.3, 0.4) is 0 Å². The van der Waals surface area contributed by atoms with E-state index < -0.39 is 0 Å². The van der Waals surface area contributed by atoms with Crippen molar-refractivity contribution >= 4 is 0 Å². The Morgan fingerprint density at radius 2 is 2.00 bits per heavy atom. The van der Waals surface area contributed by atoms with Gasteiger partial charge in [0.15, 0.2) is 0 Å². The SMILES string of the molecule is CCN(CC)C(C)(CC)C(N)c1nccn1C. The zero-order chi connectivity index (χ0) is 13.1. The topological polar surface area (TPSA) is 47.1 Å². The summed E-state index contributed by atoms with van der Waals surface area (Å²) >= 11 is 0. The third kappa shape index (κ3) is 2.53. The smallest absolute Gasteiger partial charge is 0.127 e. The summed E-state index contributed by atoms with van der Waals surface area (Å²) in [7, 11) is 2.00. The second-order valence-corrected chi connectivity index (χ2v) is 4.76. The third-order valence-corrected chi connectivity index (χ3v) is 4.01. The number of hydrogen-bond acceptors (Lipinski definition) is 3. The molecule has 2 atom stereocenters. The highest BCUT2D eigenvalue weighted by molar-refractivity contribution is 5.08. The molecule has 1 aromatic rings. The number of likely N-dealkylation sites (N-methyl/N-ethyl adjacent to an activating group) is 1. The fourth-order valence-electron chi connectivity index (χ4n) is 2.54. The highest BCUT2D eigenvalue weighted by Gasteiger charge is 2.37. The van der Waals surface area contributed by atoms with Gasteiger partial charge < -0.3 is 10.3 Å². The Balaban J connectivity index is 3.04. The number of imidazole rings is 1. The normalized spacial score (nSPS) is 17.1. The summed E-state index contributed by atoms with van der Waals surface area (Å²) < 4.78 is 2.02. The summed E-state index contributed by atoms with van der Waals surface area (Å²) in [5.41, 5.74) is 6.42. The van der Waals surface area contributed by atoms with E-state index in [1.165, 1.54) is 0 Å². The van der Waals surface area contributed by atoms with Gasteiger partial charge in [0.2, 0.25) is 0 Å². The molecule has 0 radical (unpaired) electrons. The van der Waals surface area contributed by atoms with Crippen LogP contribution in [0.2, 0.25) is 0 Å². The van der Waals surface area contributed by atoms with Gasteiger partial charge in [-0.15, -0.1) is 0 Å². The molecule has 1 rings (SSSR count). The molecule has 0 bridgehead atoms. The van der Waals surface area contributed by atoms with Crippen molar-refractivity contribution in [1.29, 1.82) is 0 Å². The van der Waals surface area contributed by atoms with Crippen molar-refractivity contribution < 1.29 is 0 Å². The Hall–Kier alpha value is -0.870. The van der Waals surface area contributed by atoms with Gasteiger partial charge in [0.1, 0.15) is 5.82 Å².